The molecule has 0 bridgehead atoms. The molecule has 7 heteroatoms. The van der Waals surface area contributed by atoms with E-state index < -0.39 is 0 Å². The fourth-order valence-corrected chi connectivity index (χ4v) is 4.71. The number of methoxy groups -OCH3 is 1. The normalized spacial score (nSPS) is 15.9. The Kier molecular flexibility index (Phi) is 5.32. The van der Waals surface area contributed by atoms with E-state index in [0.717, 1.165) is 52.5 Å². The zero-order valence-corrected chi connectivity index (χ0v) is 19.4. The van der Waals surface area contributed by atoms with Gasteiger partial charge in [0.2, 0.25) is 0 Å². The zero-order chi connectivity index (χ0) is 23.1. The number of fused-ring (bicyclic) bond motifs is 1. The van der Waals surface area contributed by atoms with Crippen LogP contribution in [0.3, 0.4) is 0 Å². The number of aryl methyl sites for hydroxylation is 3. The monoisotopic (exact) mass is 441 g/mol. The molecule has 0 aliphatic carbocycles. The minimum Gasteiger partial charge on any atom is -0.497 e. The number of carbonyl (C=O) groups is 1. The van der Waals surface area contributed by atoms with Gasteiger partial charge in [-0.05, 0) is 75.1 Å². The number of carbonyl (C=O) groups excluding carboxylic acids is 1. The van der Waals surface area contributed by atoms with Crippen molar-refractivity contribution in [2.75, 3.05) is 13.7 Å². The Bertz CT molecular complexity index is 1340. The largest absolute Gasteiger partial charge is 0.497 e. The Hall–Kier alpha value is -3.74. The molecule has 3 aromatic heterocycles. The molecule has 1 saturated heterocycles. The second-order valence-electron chi connectivity index (χ2n) is 8.64. The van der Waals surface area contributed by atoms with E-state index in [1.54, 1.807) is 17.8 Å². The number of hydrogen-bond acceptors (Lipinski definition) is 5. The van der Waals surface area contributed by atoms with Gasteiger partial charge in [-0.2, -0.15) is 5.10 Å². The van der Waals surface area contributed by atoms with Gasteiger partial charge in [-0.15, -0.1) is 0 Å². The SMILES string of the molecule is COc1ccc(-c2cc(C)nc([C@H]3CCCN3C(=O)c3cnn4c(C)cc(C)nc34)c2)cc1. The second-order valence-corrected chi connectivity index (χ2v) is 8.64. The number of amides is 1. The van der Waals surface area contributed by atoms with E-state index in [2.05, 4.69) is 22.2 Å². The summed E-state index contributed by atoms with van der Waals surface area (Å²) in [6.45, 7) is 6.60. The summed E-state index contributed by atoms with van der Waals surface area (Å²) in [5.41, 5.74) is 7.01. The van der Waals surface area contributed by atoms with E-state index >= 15 is 0 Å². The van der Waals surface area contributed by atoms with E-state index in [9.17, 15) is 4.79 Å². The third-order valence-corrected chi connectivity index (χ3v) is 6.26. The van der Waals surface area contributed by atoms with Crippen molar-refractivity contribution in [2.45, 2.75) is 39.7 Å². The van der Waals surface area contributed by atoms with Gasteiger partial charge in [0.25, 0.3) is 5.91 Å². The summed E-state index contributed by atoms with van der Waals surface area (Å²) < 4.78 is 7.02. The molecule has 1 atom stereocenters. The first-order valence-electron chi connectivity index (χ1n) is 11.2. The predicted molar refractivity (Wildman–Crippen MR) is 126 cm³/mol. The highest BCUT2D eigenvalue weighted by Crippen LogP contribution is 2.35. The highest BCUT2D eigenvalue weighted by molar-refractivity contribution is 6.00. The van der Waals surface area contributed by atoms with Crippen LogP contribution in [0.1, 0.15) is 52.0 Å². The van der Waals surface area contributed by atoms with Crippen LogP contribution in [0.5, 0.6) is 5.75 Å². The molecule has 1 aliphatic heterocycles. The van der Waals surface area contributed by atoms with Crippen LogP contribution in [0.15, 0.2) is 48.7 Å². The van der Waals surface area contributed by atoms with Crippen molar-refractivity contribution in [2.24, 2.45) is 0 Å². The number of aromatic nitrogens is 4. The van der Waals surface area contributed by atoms with Crippen LogP contribution in [-0.4, -0.2) is 44.0 Å². The first kappa shape index (κ1) is 21.1. The Labute approximate surface area is 193 Å². The summed E-state index contributed by atoms with van der Waals surface area (Å²) in [5.74, 6) is 0.782. The maximum absolute atomic E-state index is 13.6. The first-order chi connectivity index (χ1) is 15.9. The number of hydrogen-bond donors (Lipinski definition) is 0. The molecule has 0 N–H and O–H groups in total. The van der Waals surface area contributed by atoms with Crippen LogP contribution < -0.4 is 4.74 Å². The summed E-state index contributed by atoms with van der Waals surface area (Å²) in [6, 6.07) is 14.1. The fourth-order valence-electron chi connectivity index (χ4n) is 4.71. The molecular formula is C26H27N5O2. The summed E-state index contributed by atoms with van der Waals surface area (Å²) in [7, 11) is 1.66. The summed E-state index contributed by atoms with van der Waals surface area (Å²) in [5, 5.41) is 4.41. The lowest BCUT2D eigenvalue weighted by Gasteiger charge is -2.24. The topological polar surface area (TPSA) is 72.6 Å². The van der Waals surface area contributed by atoms with E-state index in [-0.39, 0.29) is 11.9 Å². The minimum atomic E-state index is -0.0738. The standard InChI is InChI=1S/C26H27N5O2/c1-16-12-18(3)31-25(29-16)22(15-27-31)26(32)30-11-5-6-24(30)23-14-20(13-17(2)28-23)19-7-9-21(33-4)10-8-19/h7-10,12-15,24H,5-6,11H2,1-4H3/t24-/m1/s1. The predicted octanol–water partition coefficient (Wildman–Crippen LogP) is 4.70. The molecule has 5 rings (SSSR count). The Morgan fingerprint density at radius 1 is 1.00 bits per heavy atom. The fraction of sp³-hybridized carbons (Fsp3) is 0.308. The lowest BCUT2D eigenvalue weighted by atomic mass is 10.0. The maximum Gasteiger partial charge on any atom is 0.259 e. The number of nitrogens with zero attached hydrogens (tertiary/aromatic N) is 5. The smallest absolute Gasteiger partial charge is 0.259 e. The van der Waals surface area contributed by atoms with Crippen molar-refractivity contribution in [1.29, 1.82) is 0 Å². The molecule has 1 aromatic carbocycles. The van der Waals surface area contributed by atoms with Gasteiger partial charge in [0.1, 0.15) is 11.3 Å². The van der Waals surface area contributed by atoms with Crippen LogP contribution in [0.4, 0.5) is 0 Å². The van der Waals surface area contributed by atoms with Gasteiger partial charge in [0.15, 0.2) is 5.65 Å². The van der Waals surface area contributed by atoms with Crippen LogP contribution in [0.2, 0.25) is 0 Å². The lowest BCUT2D eigenvalue weighted by Crippen LogP contribution is -2.31. The number of benzene rings is 1. The number of pyridine rings is 1. The van der Waals surface area contributed by atoms with Crippen molar-refractivity contribution < 1.29 is 9.53 Å². The molecule has 4 heterocycles. The van der Waals surface area contributed by atoms with E-state index in [4.69, 9.17) is 9.72 Å². The number of likely N-dealkylation sites (tertiary alicyclic amines) is 1. The van der Waals surface area contributed by atoms with Crippen LogP contribution >= 0.6 is 0 Å². The Morgan fingerprint density at radius 3 is 2.52 bits per heavy atom. The molecular weight excluding hydrogens is 414 g/mol. The molecule has 7 nitrogen and oxygen atoms in total. The maximum atomic E-state index is 13.6. The quantitative estimate of drug-likeness (QED) is 0.459. The van der Waals surface area contributed by atoms with Crippen molar-refractivity contribution in [3.63, 3.8) is 0 Å². The number of rotatable bonds is 4. The van der Waals surface area contributed by atoms with Crippen LogP contribution in [-0.2, 0) is 0 Å². The third kappa shape index (κ3) is 3.84. The third-order valence-electron chi connectivity index (χ3n) is 6.26. The van der Waals surface area contributed by atoms with Crippen molar-refractivity contribution >= 4 is 11.6 Å². The average Bonchev–Trinajstić information content (AvgIpc) is 3.46. The van der Waals surface area contributed by atoms with Crippen molar-refractivity contribution in [3.8, 4) is 16.9 Å². The van der Waals surface area contributed by atoms with Gasteiger partial charge < -0.3 is 9.64 Å². The highest BCUT2D eigenvalue weighted by Gasteiger charge is 2.33. The van der Waals surface area contributed by atoms with Gasteiger partial charge >= 0.3 is 0 Å². The van der Waals surface area contributed by atoms with Gasteiger partial charge in [0.05, 0.1) is 25.0 Å². The van der Waals surface area contributed by atoms with Gasteiger partial charge in [0, 0.05) is 23.6 Å². The molecule has 0 saturated carbocycles. The van der Waals surface area contributed by atoms with E-state index in [1.807, 2.05) is 56.0 Å². The second kappa shape index (κ2) is 8.31. The van der Waals surface area contributed by atoms with Gasteiger partial charge in [-0.1, -0.05) is 12.1 Å². The molecule has 168 valence electrons. The van der Waals surface area contributed by atoms with E-state index in [1.165, 1.54) is 0 Å². The highest BCUT2D eigenvalue weighted by atomic mass is 16.5. The van der Waals surface area contributed by atoms with E-state index in [0.29, 0.717) is 17.8 Å². The Balaban J connectivity index is 1.50. The molecule has 4 aromatic rings. The summed E-state index contributed by atoms with van der Waals surface area (Å²) in [4.78, 5) is 25.0. The molecule has 33 heavy (non-hydrogen) atoms. The summed E-state index contributed by atoms with van der Waals surface area (Å²) >= 11 is 0. The van der Waals surface area contributed by atoms with Crippen LogP contribution in [0.25, 0.3) is 16.8 Å². The molecule has 1 aliphatic rings. The lowest BCUT2D eigenvalue weighted by molar-refractivity contribution is 0.0734. The zero-order valence-electron chi connectivity index (χ0n) is 19.4. The molecule has 0 spiro atoms. The number of ether oxygens (including phenoxy) is 1. The van der Waals surface area contributed by atoms with Crippen LogP contribution in [0, 0.1) is 20.8 Å². The van der Waals surface area contributed by atoms with Crippen molar-refractivity contribution in [3.05, 3.63) is 77.0 Å². The molecule has 1 fully saturated rings. The van der Waals surface area contributed by atoms with Gasteiger partial charge in [-0.3, -0.25) is 9.78 Å². The van der Waals surface area contributed by atoms with Crippen molar-refractivity contribution in [1.82, 2.24) is 24.5 Å². The minimum absolute atomic E-state index is 0.0423. The molecule has 0 unspecified atom stereocenters. The molecule has 0 radical (unpaired) electrons. The van der Waals surface area contributed by atoms with Gasteiger partial charge in [-0.25, -0.2) is 9.50 Å². The molecule has 1 amide bonds. The average molecular weight is 442 g/mol. The Morgan fingerprint density at radius 2 is 1.76 bits per heavy atom. The first-order valence-corrected chi connectivity index (χ1v) is 11.2. The summed E-state index contributed by atoms with van der Waals surface area (Å²) in [6.07, 6.45) is 3.46.